The van der Waals surface area contributed by atoms with E-state index in [0.717, 1.165) is 17.6 Å². The maximum Gasteiger partial charge on any atom is 0.138 e. The van der Waals surface area contributed by atoms with Gasteiger partial charge in [-0.25, -0.2) is 0 Å². The third-order valence-electron chi connectivity index (χ3n) is 2.82. The summed E-state index contributed by atoms with van der Waals surface area (Å²) in [6, 6.07) is 9.98. The molecule has 0 aromatic heterocycles. The van der Waals surface area contributed by atoms with Gasteiger partial charge in [0.05, 0.1) is 6.61 Å². The summed E-state index contributed by atoms with van der Waals surface area (Å²) in [5, 5.41) is 0. The van der Waals surface area contributed by atoms with Crippen molar-refractivity contribution in [1.29, 1.82) is 0 Å². The average molecular weight is 232 g/mol. The highest BCUT2D eigenvalue weighted by Gasteiger charge is 2.12. The summed E-state index contributed by atoms with van der Waals surface area (Å²) in [5.41, 5.74) is 2.13. The quantitative estimate of drug-likeness (QED) is 0.720. The van der Waals surface area contributed by atoms with Gasteiger partial charge in [0.1, 0.15) is 5.78 Å². The first-order valence-corrected chi connectivity index (χ1v) is 5.90. The van der Waals surface area contributed by atoms with E-state index in [1.807, 2.05) is 37.3 Å². The van der Waals surface area contributed by atoms with Crippen LogP contribution >= 0.6 is 0 Å². The van der Waals surface area contributed by atoms with Crippen LogP contribution in [0.2, 0.25) is 0 Å². The zero-order valence-electron chi connectivity index (χ0n) is 10.6. The number of hydrogen-bond acceptors (Lipinski definition) is 2. The fourth-order valence-electron chi connectivity index (χ4n) is 1.68. The summed E-state index contributed by atoms with van der Waals surface area (Å²) in [4.78, 5) is 11.7. The molecule has 0 heterocycles. The first-order chi connectivity index (χ1) is 8.15. The standard InChI is InChI=1S/C15H20O2/c1-12(14-7-5-4-6-8-14)9-10-15(16)13(2)11-17-3/h4-8,13H,1,9-11H2,2-3H3. The van der Waals surface area contributed by atoms with Crippen LogP contribution < -0.4 is 0 Å². The Bertz CT molecular complexity index is 368. The molecule has 17 heavy (non-hydrogen) atoms. The number of benzene rings is 1. The molecule has 2 nitrogen and oxygen atoms in total. The van der Waals surface area contributed by atoms with Crippen LogP contribution in [0, 0.1) is 5.92 Å². The summed E-state index contributed by atoms with van der Waals surface area (Å²) >= 11 is 0. The molecule has 0 aliphatic carbocycles. The highest BCUT2D eigenvalue weighted by Crippen LogP contribution is 2.18. The predicted octanol–water partition coefficient (Wildman–Crippen LogP) is 3.33. The molecule has 0 fully saturated rings. The monoisotopic (exact) mass is 232 g/mol. The Morgan fingerprint density at radius 2 is 1.94 bits per heavy atom. The number of Topliss-reactive ketones (excluding diaryl/α,β-unsaturated/α-hetero) is 1. The first-order valence-electron chi connectivity index (χ1n) is 5.90. The van der Waals surface area contributed by atoms with Crippen LogP contribution in [-0.4, -0.2) is 19.5 Å². The lowest BCUT2D eigenvalue weighted by Gasteiger charge is -2.10. The molecule has 92 valence electrons. The molecule has 0 N–H and O–H groups in total. The third-order valence-corrected chi connectivity index (χ3v) is 2.82. The minimum Gasteiger partial charge on any atom is -0.384 e. The van der Waals surface area contributed by atoms with Gasteiger partial charge >= 0.3 is 0 Å². The first kappa shape index (κ1) is 13.7. The van der Waals surface area contributed by atoms with Crippen molar-refractivity contribution in [3.8, 4) is 0 Å². The second kappa shape index (κ2) is 7.02. The van der Waals surface area contributed by atoms with Crippen molar-refractivity contribution in [3.05, 3.63) is 42.5 Å². The van der Waals surface area contributed by atoms with Crippen LogP contribution in [0.5, 0.6) is 0 Å². The minimum absolute atomic E-state index is 0.0245. The lowest BCUT2D eigenvalue weighted by atomic mass is 9.97. The van der Waals surface area contributed by atoms with Crippen LogP contribution in [0.15, 0.2) is 36.9 Å². The van der Waals surface area contributed by atoms with E-state index < -0.39 is 0 Å². The number of ketones is 1. The van der Waals surface area contributed by atoms with E-state index in [1.165, 1.54) is 0 Å². The van der Waals surface area contributed by atoms with Crippen LogP contribution in [-0.2, 0) is 9.53 Å². The molecule has 1 rings (SSSR count). The number of hydrogen-bond donors (Lipinski definition) is 0. The molecule has 0 saturated carbocycles. The Balaban J connectivity index is 2.41. The minimum atomic E-state index is -0.0245. The third kappa shape index (κ3) is 4.53. The van der Waals surface area contributed by atoms with Crippen LogP contribution in [0.4, 0.5) is 0 Å². The molecule has 0 spiro atoms. The van der Waals surface area contributed by atoms with Crippen LogP contribution in [0.1, 0.15) is 25.3 Å². The van der Waals surface area contributed by atoms with Gasteiger partial charge < -0.3 is 4.74 Å². The lowest BCUT2D eigenvalue weighted by Crippen LogP contribution is -2.15. The zero-order valence-corrected chi connectivity index (χ0v) is 10.6. The van der Waals surface area contributed by atoms with Crippen LogP contribution in [0.3, 0.4) is 0 Å². The molecule has 2 heteroatoms. The van der Waals surface area contributed by atoms with Gasteiger partial charge in [-0.05, 0) is 17.6 Å². The number of ether oxygens (including phenoxy) is 1. The Morgan fingerprint density at radius 3 is 2.53 bits per heavy atom. The SMILES string of the molecule is C=C(CCC(=O)C(C)COC)c1ccccc1. The second-order valence-electron chi connectivity index (χ2n) is 4.29. The molecule has 1 atom stereocenters. The van der Waals surface area contributed by atoms with Gasteiger partial charge in [-0.1, -0.05) is 43.8 Å². The van der Waals surface area contributed by atoms with Crippen molar-refractivity contribution < 1.29 is 9.53 Å². The largest absolute Gasteiger partial charge is 0.384 e. The molecule has 0 saturated heterocycles. The number of carbonyl (C=O) groups is 1. The number of rotatable bonds is 7. The summed E-state index contributed by atoms with van der Waals surface area (Å²) in [6.45, 7) is 6.42. The summed E-state index contributed by atoms with van der Waals surface area (Å²) in [5.74, 6) is 0.215. The second-order valence-corrected chi connectivity index (χ2v) is 4.29. The van der Waals surface area contributed by atoms with Gasteiger partial charge in [0.15, 0.2) is 0 Å². The molecule has 0 radical (unpaired) electrons. The normalized spacial score (nSPS) is 12.1. The topological polar surface area (TPSA) is 26.3 Å². The van der Waals surface area contributed by atoms with Crippen molar-refractivity contribution in [2.45, 2.75) is 19.8 Å². The van der Waals surface area contributed by atoms with Gasteiger partial charge in [-0.15, -0.1) is 0 Å². The van der Waals surface area contributed by atoms with Crippen molar-refractivity contribution >= 4 is 11.4 Å². The summed E-state index contributed by atoms with van der Waals surface area (Å²) < 4.78 is 4.97. The molecule has 1 unspecified atom stereocenters. The van der Waals surface area contributed by atoms with Gasteiger partial charge in [0, 0.05) is 19.4 Å². The van der Waals surface area contributed by atoms with E-state index in [9.17, 15) is 4.79 Å². The molecule has 1 aromatic rings. The Hall–Kier alpha value is -1.41. The lowest BCUT2D eigenvalue weighted by molar-refractivity contribution is -0.123. The van der Waals surface area contributed by atoms with E-state index >= 15 is 0 Å². The Morgan fingerprint density at radius 1 is 1.29 bits per heavy atom. The fourth-order valence-corrected chi connectivity index (χ4v) is 1.68. The summed E-state index contributed by atoms with van der Waals surface area (Å²) in [6.07, 6.45) is 1.26. The number of methoxy groups -OCH3 is 1. The van der Waals surface area contributed by atoms with E-state index in [-0.39, 0.29) is 11.7 Å². The van der Waals surface area contributed by atoms with E-state index in [1.54, 1.807) is 7.11 Å². The van der Waals surface area contributed by atoms with Gasteiger partial charge in [0.25, 0.3) is 0 Å². The smallest absolute Gasteiger partial charge is 0.138 e. The van der Waals surface area contributed by atoms with E-state index in [0.29, 0.717) is 13.0 Å². The molecule has 1 aromatic carbocycles. The Labute approximate surface area is 103 Å². The molecule has 0 bridgehead atoms. The Kier molecular flexibility index (Phi) is 5.64. The van der Waals surface area contributed by atoms with E-state index in [4.69, 9.17) is 4.74 Å². The molecule has 0 aliphatic rings. The highest BCUT2D eigenvalue weighted by molar-refractivity contribution is 5.82. The van der Waals surface area contributed by atoms with Crippen molar-refractivity contribution in [1.82, 2.24) is 0 Å². The molecular formula is C15H20O2. The molecule has 0 aliphatic heterocycles. The summed E-state index contributed by atoms with van der Waals surface area (Å²) in [7, 11) is 1.62. The highest BCUT2D eigenvalue weighted by atomic mass is 16.5. The number of carbonyl (C=O) groups excluding carboxylic acids is 1. The van der Waals surface area contributed by atoms with E-state index in [2.05, 4.69) is 6.58 Å². The average Bonchev–Trinajstić information content (AvgIpc) is 2.36. The van der Waals surface area contributed by atoms with Gasteiger partial charge in [0.2, 0.25) is 0 Å². The van der Waals surface area contributed by atoms with Crippen molar-refractivity contribution in [2.75, 3.05) is 13.7 Å². The van der Waals surface area contributed by atoms with Crippen molar-refractivity contribution in [3.63, 3.8) is 0 Å². The number of allylic oxidation sites excluding steroid dienone is 1. The van der Waals surface area contributed by atoms with Gasteiger partial charge in [-0.3, -0.25) is 4.79 Å². The predicted molar refractivity (Wildman–Crippen MR) is 70.8 cm³/mol. The zero-order chi connectivity index (χ0) is 12.7. The maximum atomic E-state index is 11.7. The maximum absolute atomic E-state index is 11.7. The fraction of sp³-hybridized carbons (Fsp3) is 0.400. The van der Waals surface area contributed by atoms with Crippen molar-refractivity contribution in [2.24, 2.45) is 5.92 Å². The molecule has 0 amide bonds. The van der Waals surface area contributed by atoms with Crippen LogP contribution in [0.25, 0.3) is 5.57 Å². The van der Waals surface area contributed by atoms with Gasteiger partial charge in [-0.2, -0.15) is 0 Å². The molecular weight excluding hydrogens is 212 g/mol.